The van der Waals surface area contributed by atoms with Gasteiger partial charge < -0.3 is 10.0 Å². The average molecular weight is 553 g/mol. The molecule has 1 N–H and O–H groups in total. The monoisotopic (exact) mass is 552 g/mol. The molecule has 4 aromatic rings. The predicted octanol–water partition coefficient (Wildman–Crippen LogP) is 5.91. The van der Waals surface area contributed by atoms with Gasteiger partial charge in [-0.2, -0.15) is 5.10 Å². The standard InChI is InChI=1S/C32H36N6O3/c1-3-9-24-13-5-6-15-37(24)31(39)23-12-7-10-21(16-23)22-11-8-14-25(17-22)38-30(28(19-33-38)32(40)41)27-18-26(27)29-20-36(4-2)35-34-29/h7-8,10-12,14,16-17,19-20,24,26-27H,3-6,9,13,15,18H2,1-2H3,(H,40,41)/t24-,26+,27+/m1/s1. The number of carbonyl (C=O) groups is 2. The highest BCUT2D eigenvalue weighted by atomic mass is 16.4. The number of rotatable bonds is 9. The molecular formula is C32H36N6O3. The minimum absolute atomic E-state index is 0.00387. The van der Waals surface area contributed by atoms with Crippen LogP contribution in [0.4, 0.5) is 0 Å². The van der Waals surface area contributed by atoms with Gasteiger partial charge in [0, 0.05) is 42.7 Å². The van der Waals surface area contributed by atoms with E-state index in [0.29, 0.717) is 17.3 Å². The molecule has 2 aromatic heterocycles. The summed E-state index contributed by atoms with van der Waals surface area (Å²) in [6.45, 7) is 5.74. The molecule has 1 aliphatic heterocycles. The number of hydrogen-bond donors (Lipinski definition) is 1. The van der Waals surface area contributed by atoms with Crippen LogP contribution in [0.3, 0.4) is 0 Å². The largest absolute Gasteiger partial charge is 0.478 e. The van der Waals surface area contributed by atoms with Crippen LogP contribution < -0.4 is 0 Å². The fraction of sp³-hybridized carbons (Fsp3) is 0.406. The predicted molar refractivity (Wildman–Crippen MR) is 155 cm³/mol. The van der Waals surface area contributed by atoms with Crippen molar-refractivity contribution in [3.05, 3.63) is 83.4 Å². The van der Waals surface area contributed by atoms with E-state index < -0.39 is 5.97 Å². The molecule has 9 heteroatoms. The zero-order valence-corrected chi connectivity index (χ0v) is 23.6. The van der Waals surface area contributed by atoms with E-state index in [1.807, 2.05) is 61.7 Å². The lowest BCUT2D eigenvalue weighted by Gasteiger charge is -2.36. The third-order valence-corrected chi connectivity index (χ3v) is 8.48. The molecule has 0 radical (unpaired) electrons. The lowest BCUT2D eigenvalue weighted by atomic mass is 9.96. The molecule has 1 saturated carbocycles. The summed E-state index contributed by atoms with van der Waals surface area (Å²) in [6, 6.07) is 16.0. The number of likely N-dealkylation sites (tertiary alicyclic amines) is 1. The number of carbonyl (C=O) groups excluding carboxylic acids is 1. The van der Waals surface area contributed by atoms with Gasteiger partial charge in [0.2, 0.25) is 0 Å². The Bertz CT molecular complexity index is 1570. The van der Waals surface area contributed by atoms with Crippen LogP contribution in [0, 0.1) is 0 Å². The maximum Gasteiger partial charge on any atom is 0.339 e. The third kappa shape index (κ3) is 5.28. The summed E-state index contributed by atoms with van der Waals surface area (Å²) in [6.07, 6.45) is 9.59. The molecule has 0 bridgehead atoms. The SMILES string of the molecule is CCC[C@@H]1CCCCN1C(=O)c1cccc(-c2cccc(-n3ncc(C(=O)O)c3[C@H]3C[C@@H]3c3cn(CC)nn3)c2)c1. The van der Waals surface area contributed by atoms with Crippen molar-refractivity contribution in [2.24, 2.45) is 0 Å². The van der Waals surface area contributed by atoms with Gasteiger partial charge in [0.15, 0.2) is 0 Å². The van der Waals surface area contributed by atoms with Crippen LogP contribution in [0.15, 0.2) is 60.9 Å². The van der Waals surface area contributed by atoms with Crippen LogP contribution in [0.1, 0.15) is 96.3 Å². The molecular weight excluding hydrogens is 516 g/mol. The summed E-state index contributed by atoms with van der Waals surface area (Å²) in [5.74, 6) is -0.783. The maximum atomic E-state index is 13.6. The smallest absolute Gasteiger partial charge is 0.339 e. The average Bonchev–Trinajstić information content (AvgIpc) is 3.41. The van der Waals surface area contributed by atoms with E-state index in [2.05, 4.69) is 27.2 Å². The molecule has 2 fully saturated rings. The third-order valence-electron chi connectivity index (χ3n) is 8.48. The van der Waals surface area contributed by atoms with Gasteiger partial charge in [-0.15, -0.1) is 5.10 Å². The van der Waals surface area contributed by atoms with Gasteiger partial charge >= 0.3 is 5.97 Å². The first-order valence-corrected chi connectivity index (χ1v) is 14.7. The van der Waals surface area contributed by atoms with Crippen molar-refractivity contribution in [2.45, 2.75) is 76.8 Å². The first-order valence-electron chi connectivity index (χ1n) is 14.7. The number of benzene rings is 2. The molecule has 0 spiro atoms. The molecule has 1 aliphatic carbocycles. The molecule has 1 saturated heterocycles. The molecule has 41 heavy (non-hydrogen) atoms. The van der Waals surface area contributed by atoms with Crippen molar-refractivity contribution >= 4 is 11.9 Å². The Kier molecular flexibility index (Phi) is 7.43. The first-order chi connectivity index (χ1) is 20.0. The lowest BCUT2D eigenvalue weighted by molar-refractivity contribution is 0.0600. The van der Waals surface area contributed by atoms with Gasteiger partial charge in [-0.25, -0.2) is 9.48 Å². The number of piperidine rings is 1. The van der Waals surface area contributed by atoms with Gasteiger partial charge in [0.1, 0.15) is 5.56 Å². The van der Waals surface area contributed by atoms with Crippen molar-refractivity contribution in [1.82, 2.24) is 29.7 Å². The molecule has 2 aromatic carbocycles. The number of amides is 1. The zero-order valence-electron chi connectivity index (χ0n) is 23.6. The van der Waals surface area contributed by atoms with Crippen LogP contribution in [-0.2, 0) is 6.54 Å². The van der Waals surface area contributed by atoms with Gasteiger partial charge in [0.05, 0.1) is 23.3 Å². The molecule has 9 nitrogen and oxygen atoms in total. The quantitative estimate of drug-likeness (QED) is 0.277. The number of hydrogen-bond acceptors (Lipinski definition) is 5. The van der Waals surface area contributed by atoms with E-state index in [-0.39, 0.29) is 23.3 Å². The Morgan fingerprint density at radius 2 is 1.83 bits per heavy atom. The van der Waals surface area contributed by atoms with Crippen molar-refractivity contribution in [3.63, 3.8) is 0 Å². The first kappa shape index (κ1) is 26.9. The fourth-order valence-electron chi connectivity index (χ4n) is 6.26. The Labute approximate surface area is 239 Å². The van der Waals surface area contributed by atoms with Crippen LogP contribution in [0.5, 0.6) is 0 Å². The van der Waals surface area contributed by atoms with E-state index in [9.17, 15) is 14.7 Å². The van der Waals surface area contributed by atoms with Crippen molar-refractivity contribution in [2.75, 3.05) is 6.54 Å². The minimum atomic E-state index is -0.990. The van der Waals surface area contributed by atoms with Gasteiger partial charge in [0.25, 0.3) is 5.91 Å². The van der Waals surface area contributed by atoms with Crippen LogP contribution in [-0.4, -0.2) is 59.2 Å². The summed E-state index contributed by atoms with van der Waals surface area (Å²) in [7, 11) is 0. The highest BCUT2D eigenvalue weighted by Crippen LogP contribution is 2.55. The summed E-state index contributed by atoms with van der Waals surface area (Å²) < 4.78 is 3.54. The summed E-state index contributed by atoms with van der Waals surface area (Å²) in [4.78, 5) is 27.8. The number of carboxylic acid groups (broad SMARTS) is 1. The number of aromatic carboxylic acids is 1. The summed E-state index contributed by atoms with van der Waals surface area (Å²) in [5, 5.41) is 22.9. The molecule has 1 amide bonds. The van der Waals surface area contributed by atoms with E-state index in [0.717, 1.165) is 67.7 Å². The van der Waals surface area contributed by atoms with E-state index >= 15 is 0 Å². The zero-order chi connectivity index (χ0) is 28.5. The van der Waals surface area contributed by atoms with Crippen molar-refractivity contribution in [3.8, 4) is 16.8 Å². The second-order valence-corrected chi connectivity index (χ2v) is 11.2. The van der Waals surface area contributed by atoms with Gasteiger partial charge in [-0.05, 0) is 74.4 Å². The number of nitrogens with zero attached hydrogens (tertiary/aromatic N) is 6. The fourth-order valence-corrected chi connectivity index (χ4v) is 6.26. The van der Waals surface area contributed by atoms with Crippen LogP contribution in [0.2, 0.25) is 0 Å². The molecule has 2 aliphatic rings. The van der Waals surface area contributed by atoms with Gasteiger partial charge in [-0.3, -0.25) is 9.48 Å². The topological polar surface area (TPSA) is 106 Å². The highest BCUT2D eigenvalue weighted by Gasteiger charge is 2.46. The minimum Gasteiger partial charge on any atom is -0.478 e. The molecule has 6 rings (SSSR count). The molecule has 0 unspecified atom stereocenters. The van der Waals surface area contributed by atoms with Crippen molar-refractivity contribution in [1.29, 1.82) is 0 Å². The Morgan fingerprint density at radius 3 is 2.59 bits per heavy atom. The second kappa shape index (κ2) is 11.3. The molecule has 212 valence electrons. The number of carboxylic acids is 1. The van der Waals surface area contributed by atoms with E-state index in [4.69, 9.17) is 0 Å². The summed E-state index contributed by atoms with van der Waals surface area (Å²) in [5.41, 5.74) is 5.13. The van der Waals surface area contributed by atoms with Crippen LogP contribution in [0.25, 0.3) is 16.8 Å². The van der Waals surface area contributed by atoms with Gasteiger partial charge in [-0.1, -0.05) is 42.8 Å². The van der Waals surface area contributed by atoms with Crippen molar-refractivity contribution < 1.29 is 14.7 Å². The Hall–Kier alpha value is -4.27. The second-order valence-electron chi connectivity index (χ2n) is 11.2. The highest BCUT2D eigenvalue weighted by molar-refractivity contribution is 5.96. The van der Waals surface area contributed by atoms with Crippen LogP contribution >= 0.6 is 0 Å². The molecule has 3 atom stereocenters. The maximum absolute atomic E-state index is 13.6. The van der Waals surface area contributed by atoms with E-state index in [1.165, 1.54) is 12.6 Å². The lowest BCUT2D eigenvalue weighted by Crippen LogP contribution is -2.43. The Morgan fingerprint density at radius 1 is 1.02 bits per heavy atom. The number of aromatic nitrogens is 5. The Balaban J connectivity index is 1.30. The normalized spacial score (nSPS) is 20.2. The summed E-state index contributed by atoms with van der Waals surface area (Å²) >= 11 is 0. The molecule has 3 heterocycles. The number of aryl methyl sites for hydroxylation is 1. The van der Waals surface area contributed by atoms with E-state index in [1.54, 1.807) is 9.36 Å².